The number of carboxylic acids is 1. The number of carbonyl (C=O) groups excluding carboxylic acids is 4. The van der Waals surface area contributed by atoms with Gasteiger partial charge in [0.1, 0.15) is 16.7 Å². The molecule has 7 atom stereocenters. The van der Waals surface area contributed by atoms with E-state index >= 15 is 0 Å². The van der Waals surface area contributed by atoms with Gasteiger partial charge in [0.15, 0.2) is 6.10 Å². The summed E-state index contributed by atoms with van der Waals surface area (Å²) in [7, 11) is 3.35. The number of benzene rings is 1. The summed E-state index contributed by atoms with van der Waals surface area (Å²) >= 11 is 1.18. The normalized spacial score (nSPS) is 20.1. The van der Waals surface area contributed by atoms with Crippen LogP contribution >= 0.6 is 11.3 Å². The second kappa shape index (κ2) is 17.0. The Balaban J connectivity index is 1.84. The maximum absolute atomic E-state index is 13.8. The third-order valence-corrected chi connectivity index (χ3v) is 10.2. The molecule has 0 radical (unpaired) electrons. The van der Waals surface area contributed by atoms with E-state index in [9.17, 15) is 29.1 Å². The first kappa shape index (κ1) is 38.6. The van der Waals surface area contributed by atoms with Crippen LogP contribution in [0.15, 0.2) is 35.7 Å². The van der Waals surface area contributed by atoms with Gasteiger partial charge in [-0.15, -0.1) is 11.3 Å². The van der Waals surface area contributed by atoms with Crippen molar-refractivity contribution in [3.63, 3.8) is 0 Å². The summed E-state index contributed by atoms with van der Waals surface area (Å²) in [6.45, 7) is 10.8. The minimum absolute atomic E-state index is 0.0292. The van der Waals surface area contributed by atoms with Crippen molar-refractivity contribution >= 4 is 41.0 Å². The van der Waals surface area contributed by atoms with Crippen LogP contribution in [0.25, 0.3) is 0 Å². The van der Waals surface area contributed by atoms with E-state index in [4.69, 9.17) is 4.74 Å². The van der Waals surface area contributed by atoms with Crippen LogP contribution < -0.4 is 16.0 Å². The van der Waals surface area contributed by atoms with E-state index in [2.05, 4.69) is 20.9 Å². The molecule has 0 saturated heterocycles. The molecule has 4 N–H and O–H groups in total. The molecule has 1 heterocycles. The second-order valence-corrected chi connectivity index (χ2v) is 14.2. The number of carbonyl (C=O) groups is 5. The molecule has 0 bridgehead atoms. The lowest BCUT2D eigenvalue weighted by Gasteiger charge is -2.37. The molecule has 3 rings (SSSR count). The molecule has 1 aliphatic carbocycles. The average molecular weight is 686 g/mol. The number of aliphatic carboxylic acids is 1. The predicted octanol–water partition coefficient (Wildman–Crippen LogP) is 4.14. The van der Waals surface area contributed by atoms with Crippen molar-refractivity contribution in [3.8, 4) is 0 Å². The molecular formula is C35H51N5O7S. The van der Waals surface area contributed by atoms with Gasteiger partial charge in [0.05, 0.1) is 12.5 Å². The number of thiazole rings is 1. The highest BCUT2D eigenvalue weighted by Gasteiger charge is 2.57. The number of hydrogen-bond donors (Lipinski definition) is 4. The SMILES string of the molecule is CCC(C)[C@H](NC(=O)CNC)C(=O)N(C)[C@H](C[C@H](OC(C)=O)c1nc(C(=O)NC2(C[C@H](C)C(=O)O)C[C@H]2c2ccccc2)cs1)C(C)C. The Labute approximate surface area is 287 Å². The smallest absolute Gasteiger partial charge is 0.306 e. The van der Waals surface area contributed by atoms with Gasteiger partial charge in [0, 0.05) is 43.3 Å². The van der Waals surface area contributed by atoms with Crippen molar-refractivity contribution in [2.24, 2.45) is 17.8 Å². The van der Waals surface area contributed by atoms with E-state index in [1.165, 1.54) is 18.3 Å². The first-order valence-corrected chi connectivity index (χ1v) is 17.4. The number of carboxylic acid groups (broad SMARTS) is 1. The standard InChI is InChI=1S/C35H51N5O7S/c1-9-21(4)30(38-29(42)18-36-7)33(44)40(8)27(20(2)3)15-28(47-23(6)41)32-37-26(19-48-32)31(43)39-35(16-22(5)34(45)46)17-25(35)24-13-11-10-12-14-24/h10-14,19-22,25,27-28,30,36H,9,15-18H2,1-8H3,(H,38,42)(H,39,43)(H,45,46)/t21?,22-,25-,27+,28-,30-,35?/m0/s1. The summed E-state index contributed by atoms with van der Waals surface area (Å²) in [6.07, 6.45) is 0.943. The maximum Gasteiger partial charge on any atom is 0.306 e. The van der Waals surface area contributed by atoms with Crippen molar-refractivity contribution < 1.29 is 33.8 Å². The van der Waals surface area contributed by atoms with Crippen LogP contribution in [0.4, 0.5) is 0 Å². The van der Waals surface area contributed by atoms with Crippen molar-refractivity contribution in [1.29, 1.82) is 0 Å². The van der Waals surface area contributed by atoms with Gasteiger partial charge >= 0.3 is 11.9 Å². The zero-order valence-corrected chi connectivity index (χ0v) is 30.1. The van der Waals surface area contributed by atoms with Crippen molar-refractivity contribution in [2.45, 2.75) is 96.9 Å². The molecule has 264 valence electrons. The summed E-state index contributed by atoms with van der Waals surface area (Å²) in [5, 5.41) is 20.4. The second-order valence-electron chi connectivity index (χ2n) is 13.3. The molecule has 1 aliphatic rings. The lowest BCUT2D eigenvalue weighted by Crippen LogP contribution is -2.55. The fourth-order valence-electron chi connectivity index (χ4n) is 6.25. The first-order valence-electron chi connectivity index (χ1n) is 16.6. The van der Waals surface area contributed by atoms with Gasteiger partial charge in [0.25, 0.3) is 5.91 Å². The number of rotatable bonds is 18. The molecular weight excluding hydrogens is 634 g/mol. The Morgan fingerprint density at radius 1 is 1.12 bits per heavy atom. The largest absolute Gasteiger partial charge is 0.481 e. The van der Waals surface area contributed by atoms with E-state index in [1.54, 1.807) is 31.3 Å². The summed E-state index contributed by atoms with van der Waals surface area (Å²) in [4.78, 5) is 70.1. The molecule has 1 fully saturated rings. The van der Waals surface area contributed by atoms with E-state index < -0.39 is 47.5 Å². The number of aromatic nitrogens is 1. The minimum Gasteiger partial charge on any atom is -0.481 e. The van der Waals surface area contributed by atoms with Gasteiger partial charge in [-0.3, -0.25) is 24.0 Å². The molecule has 13 heteroatoms. The van der Waals surface area contributed by atoms with Gasteiger partial charge in [-0.2, -0.15) is 0 Å². The topological polar surface area (TPSA) is 167 Å². The number of nitrogens with zero attached hydrogens (tertiary/aromatic N) is 2. The minimum atomic E-state index is -0.929. The number of esters is 1. The summed E-state index contributed by atoms with van der Waals surface area (Å²) in [5.41, 5.74) is 0.443. The van der Waals surface area contributed by atoms with Crippen LogP contribution in [0, 0.1) is 17.8 Å². The van der Waals surface area contributed by atoms with Gasteiger partial charge in [-0.1, -0.05) is 71.4 Å². The summed E-state index contributed by atoms with van der Waals surface area (Å²) < 4.78 is 5.73. The Morgan fingerprint density at radius 2 is 1.79 bits per heavy atom. The zero-order chi connectivity index (χ0) is 35.8. The molecule has 0 aliphatic heterocycles. The highest BCUT2D eigenvalue weighted by atomic mass is 32.1. The lowest BCUT2D eigenvalue weighted by atomic mass is 9.93. The van der Waals surface area contributed by atoms with Crippen LogP contribution in [0.1, 0.15) is 100 Å². The van der Waals surface area contributed by atoms with Crippen molar-refractivity contribution in [2.75, 3.05) is 20.6 Å². The molecule has 12 nitrogen and oxygen atoms in total. The molecule has 2 aromatic rings. The highest BCUT2D eigenvalue weighted by molar-refractivity contribution is 7.09. The Bertz CT molecular complexity index is 1430. The predicted molar refractivity (Wildman–Crippen MR) is 183 cm³/mol. The summed E-state index contributed by atoms with van der Waals surface area (Å²) in [6, 6.07) is 8.57. The van der Waals surface area contributed by atoms with Crippen LogP contribution in [0.2, 0.25) is 0 Å². The molecule has 2 unspecified atom stereocenters. The molecule has 3 amide bonds. The van der Waals surface area contributed by atoms with E-state index in [0.29, 0.717) is 17.8 Å². The molecule has 48 heavy (non-hydrogen) atoms. The molecule has 1 aromatic heterocycles. The highest BCUT2D eigenvalue weighted by Crippen LogP contribution is 2.55. The molecule has 0 spiro atoms. The van der Waals surface area contributed by atoms with Crippen molar-refractivity contribution in [1.82, 2.24) is 25.8 Å². The van der Waals surface area contributed by atoms with E-state index in [0.717, 1.165) is 5.56 Å². The zero-order valence-electron chi connectivity index (χ0n) is 29.2. The third kappa shape index (κ3) is 9.85. The summed E-state index contributed by atoms with van der Waals surface area (Å²) in [5.74, 6) is -3.28. The van der Waals surface area contributed by atoms with Crippen LogP contribution in [0.3, 0.4) is 0 Å². The maximum atomic E-state index is 13.8. The molecule has 1 saturated carbocycles. The van der Waals surface area contributed by atoms with Crippen molar-refractivity contribution in [3.05, 3.63) is 52.0 Å². The van der Waals surface area contributed by atoms with Crippen LogP contribution in [0.5, 0.6) is 0 Å². The first-order chi connectivity index (χ1) is 22.6. The Morgan fingerprint density at radius 3 is 2.35 bits per heavy atom. The quantitative estimate of drug-likeness (QED) is 0.169. The Kier molecular flexibility index (Phi) is 13.7. The number of nitrogens with one attached hydrogen (secondary N) is 3. The fourth-order valence-corrected chi connectivity index (χ4v) is 7.09. The van der Waals surface area contributed by atoms with E-state index in [-0.39, 0.29) is 54.6 Å². The lowest BCUT2D eigenvalue weighted by molar-refractivity contribution is -0.149. The Hall–Kier alpha value is -3.84. The average Bonchev–Trinajstić information content (AvgIpc) is 3.49. The number of ether oxygens (including phenoxy) is 1. The molecule has 1 aromatic carbocycles. The fraction of sp³-hybridized carbons (Fsp3) is 0.600. The van der Waals surface area contributed by atoms with Gasteiger partial charge in [-0.25, -0.2) is 4.98 Å². The van der Waals surface area contributed by atoms with Crippen LogP contribution in [-0.4, -0.2) is 82.9 Å². The monoisotopic (exact) mass is 685 g/mol. The van der Waals surface area contributed by atoms with Gasteiger partial charge < -0.3 is 30.7 Å². The van der Waals surface area contributed by atoms with Crippen LogP contribution in [-0.2, 0) is 23.9 Å². The number of amides is 3. The van der Waals surface area contributed by atoms with Gasteiger partial charge in [-0.05, 0) is 37.3 Å². The number of likely N-dealkylation sites (N-methyl/N-ethyl adjacent to an activating group) is 2. The third-order valence-electron chi connectivity index (χ3n) is 9.27. The number of hydrogen-bond acceptors (Lipinski definition) is 9. The van der Waals surface area contributed by atoms with E-state index in [1.807, 2.05) is 58.0 Å². The van der Waals surface area contributed by atoms with Gasteiger partial charge in [0.2, 0.25) is 11.8 Å².